The first-order valence-electron chi connectivity index (χ1n) is 7.49. The van der Waals surface area contributed by atoms with E-state index in [4.69, 9.17) is 4.74 Å². The topological polar surface area (TPSA) is 86.7 Å². The van der Waals surface area contributed by atoms with Crippen LogP contribution in [0.25, 0.3) is 0 Å². The van der Waals surface area contributed by atoms with Gasteiger partial charge in [-0.3, -0.25) is 0 Å². The second-order valence-electron chi connectivity index (χ2n) is 6.61. The zero-order valence-corrected chi connectivity index (χ0v) is 12.4. The SMILES string of the molecule is CC(=O)CCC1[C@H](C)CC[C@H]2[C@@H](C)C(O)OC([O])C12O. The molecule has 1 saturated carbocycles. The second-order valence-corrected chi connectivity index (χ2v) is 6.61. The van der Waals surface area contributed by atoms with Crippen molar-refractivity contribution < 1.29 is 24.9 Å². The van der Waals surface area contributed by atoms with E-state index in [-0.39, 0.29) is 29.5 Å². The van der Waals surface area contributed by atoms with Crippen LogP contribution < -0.4 is 0 Å². The molecule has 1 radical (unpaired) electrons. The zero-order valence-electron chi connectivity index (χ0n) is 12.4. The van der Waals surface area contributed by atoms with E-state index in [9.17, 15) is 20.1 Å². The summed E-state index contributed by atoms with van der Waals surface area (Å²) >= 11 is 0. The highest BCUT2D eigenvalue weighted by molar-refractivity contribution is 5.75. The molecule has 20 heavy (non-hydrogen) atoms. The lowest BCUT2D eigenvalue weighted by molar-refractivity contribution is -0.379. The van der Waals surface area contributed by atoms with Crippen molar-refractivity contribution in [2.75, 3.05) is 0 Å². The maximum atomic E-state index is 12.3. The van der Waals surface area contributed by atoms with Crippen molar-refractivity contribution in [1.29, 1.82) is 0 Å². The molecule has 0 bridgehead atoms. The molecule has 2 aliphatic rings. The molecule has 7 atom stereocenters. The van der Waals surface area contributed by atoms with Gasteiger partial charge in [-0.25, -0.2) is 0 Å². The summed E-state index contributed by atoms with van der Waals surface area (Å²) in [5.41, 5.74) is -1.48. The van der Waals surface area contributed by atoms with Crippen LogP contribution in [0.5, 0.6) is 0 Å². The fourth-order valence-electron chi connectivity index (χ4n) is 4.07. The van der Waals surface area contributed by atoms with Crippen LogP contribution in [0.1, 0.15) is 46.5 Å². The highest BCUT2D eigenvalue weighted by Gasteiger charge is 2.60. The van der Waals surface area contributed by atoms with Crippen molar-refractivity contribution in [3.8, 4) is 0 Å². The first-order chi connectivity index (χ1) is 9.28. The van der Waals surface area contributed by atoms with Gasteiger partial charge in [-0.2, -0.15) is 5.11 Å². The molecule has 1 aliphatic heterocycles. The Morgan fingerprint density at radius 2 is 2.00 bits per heavy atom. The van der Waals surface area contributed by atoms with Gasteiger partial charge < -0.3 is 19.7 Å². The van der Waals surface area contributed by atoms with Crippen LogP contribution in [0.3, 0.4) is 0 Å². The highest BCUT2D eigenvalue weighted by atomic mass is 16.7. The van der Waals surface area contributed by atoms with E-state index in [1.54, 1.807) is 0 Å². The van der Waals surface area contributed by atoms with Gasteiger partial charge in [-0.15, -0.1) is 0 Å². The van der Waals surface area contributed by atoms with Crippen LogP contribution in [-0.4, -0.2) is 34.2 Å². The number of Topliss-reactive ketones (excluding diaryl/α,β-unsaturated/α-hetero) is 1. The molecule has 0 aromatic rings. The molecule has 4 unspecified atom stereocenters. The smallest absolute Gasteiger partial charge is 0.223 e. The molecule has 5 heteroatoms. The summed E-state index contributed by atoms with van der Waals surface area (Å²) in [6.45, 7) is 5.35. The molecule has 0 aromatic heterocycles. The third kappa shape index (κ3) is 2.52. The number of fused-ring (bicyclic) bond motifs is 1. The van der Waals surface area contributed by atoms with E-state index in [2.05, 4.69) is 0 Å². The highest BCUT2D eigenvalue weighted by Crippen LogP contribution is 2.52. The quantitative estimate of drug-likeness (QED) is 0.822. The Balaban J connectivity index is 2.27. The summed E-state index contributed by atoms with van der Waals surface area (Å²) in [7, 11) is 0. The average molecular weight is 285 g/mol. The molecule has 1 aliphatic carbocycles. The third-order valence-corrected chi connectivity index (χ3v) is 5.34. The number of aliphatic hydroxyl groups is 2. The van der Waals surface area contributed by atoms with Gasteiger partial charge in [0, 0.05) is 18.3 Å². The van der Waals surface area contributed by atoms with Gasteiger partial charge in [0.1, 0.15) is 11.4 Å². The van der Waals surface area contributed by atoms with Crippen LogP contribution in [0.15, 0.2) is 0 Å². The van der Waals surface area contributed by atoms with Crippen LogP contribution >= 0.6 is 0 Å². The number of ether oxygens (including phenoxy) is 1. The van der Waals surface area contributed by atoms with Crippen molar-refractivity contribution in [3.05, 3.63) is 0 Å². The molecule has 2 fully saturated rings. The maximum Gasteiger partial charge on any atom is 0.223 e. The van der Waals surface area contributed by atoms with Crippen LogP contribution in [0.2, 0.25) is 0 Å². The fourth-order valence-corrected chi connectivity index (χ4v) is 4.07. The lowest BCUT2D eigenvalue weighted by Gasteiger charge is -2.55. The monoisotopic (exact) mass is 285 g/mol. The first-order valence-corrected chi connectivity index (χ1v) is 7.49. The van der Waals surface area contributed by atoms with E-state index < -0.39 is 18.2 Å². The van der Waals surface area contributed by atoms with Gasteiger partial charge in [0.15, 0.2) is 6.29 Å². The summed E-state index contributed by atoms with van der Waals surface area (Å²) in [5.74, 6) is -0.532. The number of carbonyl (C=O) groups is 1. The van der Waals surface area contributed by atoms with E-state index in [1.807, 2.05) is 13.8 Å². The van der Waals surface area contributed by atoms with Crippen LogP contribution in [0, 0.1) is 23.7 Å². The standard InChI is InChI=1S/C15H25O5/c1-8-4-6-12-10(3)13(17)20-14(18)15(12,19)11(8)7-5-9(2)16/h8,10-14,17,19H,4-7H2,1-3H3/t8-,10-,11?,12+,13?,14?,15?/m1/s1. The lowest BCUT2D eigenvalue weighted by atomic mass is 9.58. The minimum atomic E-state index is -1.64. The third-order valence-electron chi connectivity index (χ3n) is 5.34. The molecule has 0 aromatic carbocycles. The molecule has 1 heterocycles. The molecular formula is C15H25O5. The average Bonchev–Trinajstić information content (AvgIpc) is 2.35. The van der Waals surface area contributed by atoms with Crippen molar-refractivity contribution in [2.45, 2.75) is 64.6 Å². The summed E-state index contributed by atoms with van der Waals surface area (Å²) in [6, 6.07) is 0. The van der Waals surface area contributed by atoms with Gasteiger partial charge >= 0.3 is 0 Å². The normalized spacial score (nSPS) is 48.7. The Labute approximate surface area is 119 Å². The zero-order chi connectivity index (χ0) is 15.1. The van der Waals surface area contributed by atoms with E-state index in [1.165, 1.54) is 6.92 Å². The second kappa shape index (κ2) is 5.72. The number of aliphatic hydroxyl groups excluding tert-OH is 1. The minimum absolute atomic E-state index is 0.0650. The predicted octanol–water partition coefficient (Wildman–Crippen LogP) is 1.49. The van der Waals surface area contributed by atoms with Crippen LogP contribution in [0.4, 0.5) is 0 Å². The molecule has 0 spiro atoms. The molecule has 0 amide bonds. The Kier molecular flexibility index (Phi) is 4.54. The molecule has 2 rings (SSSR count). The molecule has 115 valence electrons. The van der Waals surface area contributed by atoms with Crippen molar-refractivity contribution in [1.82, 2.24) is 0 Å². The van der Waals surface area contributed by atoms with Crippen LogP contribution in [-0.2, 0) is 14.6 Å². The van der Waals surface area contributed by atoms with Crippen molar-refractivity contribution >= 4 is 5.78 Å². The summed E-state index contributed by atoms with van der Waals surface area (Å²) in [4.78, 5) is 11.2. The number of hydrogen-bond acceptors (Lipinski definition) is 4. The van der Waals surface area contributed by atoms with Crippen molar-refractivity contribution in [2.24, 2.45) is 23.7 Å². The Bertz CT molecular complexity index is 371. The first kappa shape index (κ1) is 15.9. The summed E-state index contributed by atoms with van der Waals surface area (Å²) in [6.07, 6.45) is -0.251. The fraction of sp³-hybridized carbons (Fsp3) is 0.933. The minimum Gasteiger partial charge on any atom is -0.384 e. The summed E-state index contributed by atoms with van der Waals surface area (Å²) in [5, 5.41) is 33.1. The number of carbonyl (C=O) groups excluding carboxylic acids is 1. The molecule has 2 N–H and O–H groups in total. The van der Waals surface area contributed by atoms with E-state index >= 15 is 0 Å². The lowest BCUT2D eigenvalue weighted by Crippen LogP contribution is -2.65. The number of hydrogen-bond donors (Lipinski definition) is 2. The maximum absolute atomic E-state index is 12.3. The molecular weight excluding hydrogens is 260 g/mol. The van der Waals surface area contributed by atoms with Gasteiger partial charge in [-0.05, 0) is 38.0 Å². The van der Waals surface area contributed by atoms with Gasteiger partial charge in [0.05, 0.1) is 0 Å². The van der Waals surface area contributed by atoms with E-state index in [0.29, 0.717) is 19.3 Å². The Morgan fingerprint density at radius 3 is 2.60 bits per heavy atom. The predicted molar refractivity (Wildman–Crippen MR) is 71.0 cm³/mol. The number of ketones is 1. The Morgan fingerprint density at radius 1 is 1.35 bits per heavy atom. The van der Waals surface area contributed by atoms with E-state index in [0.717, 1.165) is 6.42 Å². The molecule has 5 nitrogen and oxygen atoms in total. The number of rotatable bonds is 3. The molecule has 1 saturated heterocycles. The van der Waals surface area contributed by atoms with Gasteiger partial charge in [0.2, 0.25) is 6.29 Å². The van der Waals surface area contributed by atoms with Gasteiger partial charge in [-0.1, -0.05) is 13.8 Å². The Hall–Kier alpha value is -0.490. The van der Waals surface area contributed by atoms with Crippen molar-refractivity contribution in [3.63, 3.8) is 0 Å². The van der Waals surface area contributed by atoms with Gasteiger partial charge in [0.25, 0.3) is 0 Å². The summed E-state index contributed by atoms with van der Waals surface area (Å²) < 4.78 is 5.02. The largest absolute Gasteiger partial charge is 0.384 e.